The van der Waals surface area contributed by atoms with Crippen molar-refractivity contribution >= 4 is 21.8 Å². The van der Waals surface area contributed by atoms with Gasteiger partial charge in [0.1, 0.15) is 5.69 Å². The van der Waals surface area contributed by atoms with Gasteiger partial charge in [-0.1, -0.05) is 12.1 Å². The first-order valence-corrected chi connectivity index (χ1v) is 9.62. The fourth-order valence-electron chi connectivity index (χ4n) is 3.90. The normalized spacial score (nSPS) is 11.5. The van der Waals surface area contributed by atoms with Gasteiger partial charge in [-0.3, -0.25) is 19.7 Å². The molecule has 7 nitrogen and oxygen atoms in total. The number of H-pyrrole nitrogens is 2. The van der Waals surface area contributed by atoms with Gasteiger partial charge >= 0.3 is 0 Å². The molecule has 30 heavy (non-hydrogen) atoms. The van der Waals surface area contributed by atoms with E-state index in [9.17, 15) is 0 Å². The number of nitrogens with zero attached hydrogens (tertiary/aromatic N) is 5. The van der Waals surface area contributed by atoms with Crippen LogP contribution in [0.1, 0.15) is 0 Å². The van der Waals surface area contributed by atoms with Crippen LogP contribution in [0.4, 0.5) is 0 Å². The highest BCUT2D eigenvalue weighted by molar-refractivity contribution is 6.01. The van der Waals surface area contributed by atoms with Gasteiger partial charge in [-0.15, -0.1) is 0 Å². The highest BCUT2D eigenvalue weighted by Crippen LogP contribution is 2.34. The Morgan fingerprint density at radius 3 is 2.63 bits per heavy atom. The zero-order valence-electron chi connectivity index (χ0n) is 16.2. The minimum atomic E-state index is 0.867. The van der Waals surface area contributed by atoms with Crippen molar-refractivity contribution in [3.8, 4) is 33.8 Å². The van der Waals surface area contributed by atoms with Crippen molar-refractivity contribution in [2.45, 2.75) is 0 Å². The third kappa shape index (κ3) is 2.60. The second kappa shape index (κ2) is 6.38. The predicted molar refractivity (Wildman–Crippen MR) is 117 cm³/mol. The molecule has 0 atom stereocenters. The smallest absolute Gasteiger partial charge is 0.116 e. The molecule has 0 aliphatic rings. The Morgan fingerprint density at radius 2 is 1.80 bits per heavy atom. The number of pyridine rings is 2. The first-order chi connectivity index (χ1) is 14.8. The van der Waals surface area contributed by atoms with Crippen molar-refractivity contribution in [3.63, 3.8) is 0 Å². The van der Waals surface area contributed by atoms with Gasteiger partial charge in [0.25, 0.3) is 0 Å². The van der Waals surface area contributed by atoms with Crippen LogP contribution in [-0.4, -0.2) is 34.9 Å². The molecular formula is C23H17N7. The van der Waals surface area contributed by atoms with Crippen LogP contribution in [-0.2, 0) is 7.05 Å². The molecule has 0 aliphatic carbocycles. The Morgan fingerprint density at radius 1 is 0.900 bits per heavy atom. The molecule has 6 rings (SSSR count). The van der Waals surface area contributed by atoms with E-state index in [2.05, 4.69) is 60.6 Å². The summed E-state index contributed by atoms with van der Waals surface area (Å²) in [6.45, 7) is 0. The topological polar surface area (TPSA) is 88.1 Å². The fourth-order valence-corrected chi connectivity index (χ4v) is 3.90. The first kappa shape index (κ1) is 16.7. The molecule has 5 heterocycles. The van der Waals surface area contributed by atoms with Gasteiger partial charge in [0.2, 0.25) is 0 Å². The summed E-state index contributed by atoms with van der Waals surface area (Å²) < 4.78 is 1.77. The number of hydrogen-bond acceptors (Lipinski definition) is 4. The van der Waals surface area contributed by atoms with Gasteiger partial charge in [-0.25, -0.2) is 0 Å². The van der Waals surface area contributed by atoms with Crippen molar-refractivity contribution in [1.29, 1.82) is 0 Å². The van der Waals surface area contributed by atoms with Crippen LogP contribution >= 0.6 is 0 Å². The molecule has 0 aliphatic heterocycles. The van der Waals surface area contributed by atoms with Crippen LogP contribution in [0.25, 0.3) is 55.6 Å². The molecule has 5 aromatic heterocycles. The third-order valence-corrected chi connectivity index (χ3v) is 5.36. The molecular weight excluding hydrogens is 374 g/mol. The summed E-state index contributed by atoms with van der Waals surface area (Å²) in [6, 6.07) is 14.5. The first-order valence-electron chi connectivity index (χ1n) is 9.62. The molecule has 144 valence electrons. The molecule has 0 spiro atoms. The van der Waals surface area contributed by atoms with E-state index in [1.807, 2.05) is 50.2 Å². The van der Waals surface area contributed by atoms with Gasteiger partial charge in [-0.05, 0) is 41.5 Å². The Balaban J connectivity index is 1.52. The number of hydrogen-bond donors (Lipinski definition) is 2. The van der Waals surface area contributed by atoms with Crippen LogP contribution in [0.5, 0.6) is 0 Å². The number of nitrogens with one attached hydrogen (secondary N) is 2. The van der Waals surface area contributed by atoms with Crippen LogP contribution in [0, 0.1) is 0 Å². The van der Waals surface area contributed by atoms with Crippen LogP contribution in [0.15, 0.2) is 73.4 Å². The fraction of sp³-hybridized carbons (Fsp3) is 0.0435. The Bertz CT molecular complexity index is 1510. The molecule has 0 bridgehead atoms. The second-order valence-electron chi connectivity index (χ2n) is 7.28. The molecule has 7 heteroatoms. The molecule has 0 radical (unpaired) electrons. The van der Waals surface area contributed by atoms with Gasteiger partial charge in [0.15, 0.2) is 0 Å². The molecule has 0 saturated heterocycles. The number of benzene rings is 1. The summed E-state index contributed by atoms with van der Waals surface area (Å²) in [4.78, 5) is 12.2. The monoisotopic (exact) mass is 391 g/mol. The molecule has 0 fully saturated rings. The van der Waals surface area contributed by atoms with E-state index in [-0.39, 0.29) is 0 Å². The zero-order chi connectivity index (χ0) is 20.1. The molecule has 1 aromatic carbocycles. The highest BCUT2D eigenvalue weighted by Gasteiger charge is 2.15. The number of aromatic nitrogens is 7. The molecule has 2 N–H and O–H groups in total. The lowest BCUT2D eigenvalue weighted by Crippen LogP contribution is -1.85. The summed E-state index contributed by atoms with van der Waals surface area (Å²) in [5.74, 6) is 0. The second-order valence-corrected chi connectivity index (χ2v) is 7.28. The maximum absolute atomic E-state index is 4.58. The quantitative estimate of drug-likeness (QED) is 0.463. The minimum Gasteiger partial charge on any atom is -0.353 e. The maximum atomic E-state index is 4.58. The Hall–Kier alpha value is -4.26. The van der Waals surface area contributed by atoms with Crippen molar-refractivity contribution in [2.75, 3.05) is 0 Å². The van der Waals surface area contributed by atoms with E-state index >= 15 is 0 Å². The van der Waals surface area contributed by atoms with E-state index in [4.69, 9.17) is 0 Å². The van der Waals surface area contributed by atoms with Crippen molar-refractivity contribution in [2.24, 2.45) is 7.05 Å². The Labute approximate surface area is 171 Å². The number of aryl methyl sites for hydroxylation is 1. The number of aromatic amines is 2. The summed E-state index contributed by atoms with van der Waals surface area (Å²) >= 11 is 0. The Kier molecular flexibility index (Phi) is 3.55. The van der Waals surface area contributed by atoms with Crippen LogP contribution in [0.3, 0.4) is 0 Å². The predicted octanol–water partition coefficient (Wildman–Crippen LogP) is 4.57. The summed E-state index contributed by atoms with van der Waals surface area (Å²) in [7, 11) is 1.90. The standard InChI is InChI=1S/C23H17N7/c1-30-13-15(11-26-30)20-10-18-22(12-25-20)28-29-23(18)21-9-17-16(3-2-4-19(17)27-21)14-5-7-24-8-6-14/h2-13,27H,1H3,(H,28,29). The van der Waals surface area contributed by atoms with Crippen molar-refractivity contribution < 1.29 is 0 Å². The van der Waals surface area contributed by atoms with Crippen LogP contribution in [0.2, 0.25) is 0 Å². The lowest BCUT2D eigenvalue weighted by Gasteiger charge is -2.02. The van der Waals surface area contributed by atoms with Crippen molar-refractivity contribution in [3.05, 3.63) is 73.4 Å². The summed E-state index contributed by atoms with van der Waals surface area (Å²) in [6.07, 6.45) is 9.22. The molecule has 0 unspecified atom stereocenters. The van der Waals surface area contributed by atoms with E-state index in [0.717, 1.165) is 55.6 Å². The average Bonchev–Trinajstić information content (AvgIpc) is 3.50. The summed E-state index contributed by atoms with van der Waals surface area (Å²) in [5, 5.41) is 14.1. The zero-order valence-corrected chi connectivity index (χ0v) is 16.2. The van der Waals surface area contributed by atoms with Crippen molar-refractivity contribution in [1.82, 2.24) is 34.9 Å². The van der Waals surface area contributed by atoms with Gasteiger partial charge < -0.3 is 4.98 Å². The number of rotatable bonds is 3. The van der Waals surface area contributed by atoms with Gasteiger partial charge in [-0.2, -0.15) is 10.2 Å². The van der Waals surface area contributed by atoms with Gasteiger partial charge in [0.05, 0.1) is 29.3 Å². The highest BCUT2D eigenvalue weighted by atomic mass is 15.2. The summed E-state index contributed by atoms with van der Waals surface area (Å²) in [5.41, 5.74) is 7.93. The molecule has 6 aromatic rings. The van der Waals surface area contributed by atoms with E-state index in [0.29, 0.717) is 0 Å². The largest absolute Gasteiger partial charge is 0.353 e. The van der Waals surface area contributed by atoms with E-state index in [1.165, 1.54) is 0 Å². The lowest BCUT2D eigenvalue weighted by atomic mass is 10.0. The third-order valence-electron chi connectivity index (χ3n) is 5.36. The molecule has 0 amide bonds. The SMILES string of the molecule is Cn1cc(-c2cc3c(-c4cc5c(-c6ccncc6)cccc5[nH]4)n[nH]c3cn2)cn1. The maximum Gasteiger partial charge on any atom is 0.116 e. The van der Waals surface area contributed by atoms with Crippen LogP contribution < -0.4 is 0 Å². The minimum absolute atomic E-state index is 0.867. The van der Waals surface area contributed by atoms with E-state index < -0.39 is 0 Å². The average molecular weight is 391 g/mol. The number of fused-ring (bicyclic) bond motifs is 2. The lowest BCUT2D eigenvalue weighted by molar-refractivity contribution is 0.768. The van der Waals surface area contributed by atoms with Gasteiger partial charge in [0, 0.05) is 47.5 Å². The molecule has 0 saturated carbocycles. The van der Waals surface area contributed by atoms with E-state index in [1.54, 1.807) is 4.68 Å².